The SMILES string of the molecule is O=C(O)CCC(=O)c1ccc(OCCN2CCN(c3ccc(C(F)(F)F)cc3)CC2)cc1. The molecule has 0 amide bonds. The number of halogens is 3. The zero-order valence-corrected chi connectivity index (χ0v) is 17.5. The second-order valence-electron chi connectivity index (χ2n) is 7.56. The molecule has 32 heavy (non-hydrogen) atoms. The molecule has 1 saturated heterocycles. The van der Waals surface area contributed by atoms with E-state index in [-0.39, 0.29) is 18.6 Å². The van der Waals surface area contributed by atoms with Crippen LogP contribution in [0.2, 0.25) is 0 Å². The van der Waals surface area contributed by atoms with Crippen LogP contribution in [0.15, 0.2) is 48.5 Å². The van der Waals surface area contributed by atoms with Crippen LogP contribution in [-0.2, 0) is 11.0 Å². The van der Waals surface area contributed by atoms with Gasteiger partial charge in [0.25, 0.3) is 0 Å². The molecule has 172 valence electrons. The summed E-state index contributed by atoms with van der Waals surface area (Å²) in [5.74, 6) is -0.591. The zero-order valence-electron chi connectivity index (χ0n) is 17.5. The lowest BCUT2D eigenvalue weighted by atomic mass is 10.1. The molecule has 6 nitrogen and oxygen atoms in total. The minimum Gasteiger partial charge on any atom is -0.492 e. The Bertz CT molecular complexity index is 906. The standard InChI is InChI=1S/C23H25F3N2O4/c24-23(25,26)18-3-5-19(6-4-18)28-13-11-27(12-14-28)15-16-32-20-7-1-17(2-8-20)21(29)9-10-22(30)31/h1-8H,9-16H2,(H,30,31). The predicted molar refractivity (Wildman–Crippen MR) is 113 cm³/mol. The maximum atomic E-state index is 12.7. The molecule has 0 spiro atoms. The van der Waals surface area contributed by atoms with Crippen molar-refractivity contribution >= 4 is 17.4 Å². The molecule has 0 bridgehead atoms. The lowest BCUT2D eigenvalue weighted by Crippen LogP contribution is -2.47. The molecule has 0 atom stereocenters. The summed E-state index contributed by atoms with van der Waals surface area (Å²) in [7, 11) is 0. The number of Topliss-reactive ketones (excluding diaryl/α,β-unsaturated/α-hetero) is 1. The number of carbonyl (C=O) groups is 2. The summed E-state index contributed by atoms with van der Waals surface area (Å²) in [4.78, 5) is 26.8. The van der Waals surface area contributed by atoms with E-state index in [0.717, 1.165) is 44.0 Å². The van der Waals surface area contributed by atoms with E-state index in [1.54, 1.807) is 24.3 Å². The summed E-state index contributed by atoms with van der Waals surface area (Å²) in [5.41, 5.74) is 0.597. The molecule has 9 heteroatoms. The lowest BCUT2D eigenvalue weighted by Gasteiger charge is -2.36. The summed E-state index contributed by atoms with van der Waals surface area (Å²) < 4.78 is 43.8. The molecule has 0 aliphatic carbocycles. The van der Waals surface area contributed by atoms with Crippen molar-refractivity contribution in [3.63, 3.8) is 0 Å². The van der Waals surface area contributed by atoms with E-state index in [1.807, 2.05) is 0 Å². The number of ketones is 1. The van der Waals surface area contributed by atoms with Crippen molar-refractivity contribution in [2.24, 2.45) is 0 Å². The van der Waals surface area contributed by atoms with Crippen molar-refractivity contribution < 1.29 is 32.6 Å². The normalized spacial score (nSPS) is 14.9. The van der Waals surface area contributed by atoms with E-state index >= 15 is 0 Å². The van der Waals surface area contributed by atoms with Crippen molar-refractivity contribution in [2.45, 2.75) is 19.0 Å². The minimum absolute atomic E-state index is 0.0337. The molecule has 0 saturated carbocycles. The third-order valence-corrected chi connectivity index (χ3v) is 5.35. The van der Waals surface area contributed by atoms with Crippen molar-refractivity contribution in [1.82, 2.24) is 4.90 Å². The number of anilines is 1. The molecule has 3 rings (SSSR count). The number of benzene rings is 2. The topological polar surface area (TPSA) is 70.1 Å². The van der Waals surface area contributed by atoms with Gasteiger partial charge in [0, 0.05) is 50.4 Å². The Morgan fingerprint density at radius 2 is 1.53 bits per heavy atom. The van der Waals surface area contributed by atoms with Crippen molar-refractivity contribution in [3.05, 3.63) is 59.7 Å². The van der Waals surface area contributed by atoms with E-state index in [1.165, 1.54) is 12.1 Å². The minimum atomic E-state index is -4.33. The third-order valence-electron chi connectivity index (χ3n) is 5.35. The summed E-state index contributed by atoms with van der Waals surface area (Å²) >= 11 is 0. The van der Waals surface area contributed by atoms with Gasteiger partial charge in [-0.25, -0.2) is 0 Å². The Morgan fingerprint density at radius 1 is 0.906 bits per heavy atom. The summed E-state index contributed by atoms with van der Waals surface area (Å²) in [6.45, 7) is 4.17. The third kappa shape index (κ3) is 6.71. The Morgan fingerprint density at radius 3 is 2.09 bits per heavy atom. The van der Waals surface area contributed by atoms with Crippen molar-refractivity contribution in [2.75, 3.05) is 44.2 Å². The highest BCUT2D eigenvalue weighted by atomic mass is 19.4. The number of hydrogen-bond acceptors (Lipinski definition) is 5. The molecule has 2 aromatic rings. The highest BCUT2D eigenvalue weighted by Crippen LogP contribution is 2.30. The molecule has 1 N–H and O–H groups in total. The molecule has 1 aliphatic rings. The first kappa shape index (κ1) is 23.6. The van der Waals surface area contributed by atoms with Gasteiger partial charge in [0.05, 0.1) is 12.0 Å². The monoisotopic (exact) mass is 450 g/mol. The second kappa shape index (κ2) is 10.5. The average Bonchev–Trinajstić information content (AvgIpc) is 2.78. The van der Waals surface area contributed by atoms with Gasteiger partial charge >= 0.3 is 12.1 Å². The fourth-order valence-electron chi connectivity index (χ4n) is 3.49. The smallest absolute Gasteiger partial charge is 0.416 e. The maximum absolute atomic E-state index is 12.7. The van der Waals surface area contributed by atoms with Crippen LogP contribution in [0.5, 0.6) is 5.75 Å². The van der Waals surface area contributed by atoms with Crippen LogP contribution in [0.1, 0.15) is 28.8 Å². The van der Waals surface area contributed by atoms with Crippen LogP contribution in [0, 0.1) is 0 Å². The first-order valence-electron chi connectivity index (χ1n) is 10.3. The Hall–Kier alpha value is -3.07. The Balaban J connectivity index is 1.39. The maximum Gasteiger partial charge on any atom is 0.416 e. The van der Waals surface area contributed by atoms with E-state index in [0.29, 0.717) is 24.5 Å². The number of nitrogens with zero attached hydrogens (tertiary/aromatic N) is 2. The summed E-state index contributed by atoms with van der Waals surface area (Å²) in [5, 5.41) is 8.65. The lowest BCUT2D eigenvalue weighted by molar-refractivity contribution is -0.138. The molecule has 1 heterocycles. The molecule has 2 aromatic carbocycles. The van der Waals surface area contributed by atoms with E-state index in [4.69, 9.17) is 9.84 Å². The van der Waals surface area contributed by atoms with Gasteiger partial charge in [-0.05, 0) is 48.5 Å². The van der Waals surface area contributed by atoms with Crippen LogP contribution in [0.25, 0.3) is 0 Å². The zero-order chi connectivity index (χ0) is 23.1. The number of rotatable bonds is 9. The first-order valence-corrected chi connectivity index (χ1v) is 10.3. The molecule has 1 aliphatic heterocycles. The molecule has 1 fully saturated rings. The molecular formula is C23H25F3N2O4. The van der Waals surface area contributed by atoms with Crippen LogP contribution in [0.4, 0.5) is 18.9 Å². The number of piperazine rings is 1. The number of carbonyl (C=O) groups excluding carboxylic acids is 1. The van der Waals surface area contributed by atoms with Crippen LogP contribution in [0.3, 0.4) is 0 Å². The second-order valence-corrected chi connectivity index (χ2v) is 7.56. The van der Waals surface area contributed by atoms with E-state index in [2.05, 4.69) is 9.80 Å². The summed E-state index contributed by atoms with van der Waals surface area (Å²) in [6.07, 6.45) is -4.55. The van der Waals surface area contributed by atoms with Gasteiger partial charge < -0.3 is 14.7 Å². The largest absolute Gasteiger partial charge is 0.492 e. The van der Waals surface area contributed by atoms with Gasteiger partial charge in [-0.15, -0.1) is 0 Å². The van der Waals surface area contributed by atoms with Gasteiger partial charge in [-0.1, -0.05) is 0 Å². The average molecular weight is 450 g/mol. The number of ether oxygens (including phenoxy) is 1. The molecule has 0 unspecified atom stereocenters. The van der Waals surface area contributed by atoms with Gasteiger partial charge in [-0.2, -0.15) is 13.2 Å². The highest BCUT2D eigenvalue weighted by Gasteiger charge is 2.30. The van der Waals surface area contributed by atoms with Gasteiger partial charge in [0.15, 0.2) is 5.78 Å². The number of alkyl halides is 3. The summed E-state index contributed by atoms with van der Waals surface area (Å²) in [6, 6.07) is 11.9. The molecule has 0 aromatic heterocycles. The van der Waals surface area contributed by atoms with E-state index in [9.17, 15) is 22.8 Å². The van der Waals surface area contributed by atoms with Gasteiger partial charge in [-0.3, -0.25) is 14.5 Å². The quantitative estimate of drug-likeness (QED) is 0.584. The van der Waals surface area contributed by atoms with Gasteiger partial charge in [0.2, 0.25) is 0 Å². The number of carboxylic acids is 1. The van der Waals surface area contributed by atoms with Crippen molar-refractivity contribution in [3.8, 4) is 5.75 Å². The number of hydrogen-bond donors (Lipinski definition) is 1. The number of carboxylic acid groups (broad SMARTS) is 1. The number of aliphatic carboxylic acids is 1. The van der Waals surface area contributed by atoms with E-state index < -0.39 is 17.7 Å². The fourth-order valence-corrected chi connectivity index (χ4v) is 3.49. The fraction of sp³-hybridized carbons (Fsp3) is 0.391. The highest BCUT2D eigenvalue weighted by molar-refractivity contribution is 5.97. The first-order chi connectivity index (χ1) is 15.2. The Kier molecular flexibility index (Phi) is 7.74. The Labute approximate surface area is 184 Å². The van der Waals surface area contributed by atoms with Crippen LogP contribution < -0.4 is 9.64 Å². The van der Waals surface area contributed by atoms with Crippen LogP contribution in [-0.4, -0.2) is 61.1 Å². The van der Waals surface area contributed by atoms with Gasteiger partial charge in [0.1, 0.15) is 12.4 Å². The molecular weight excluding hydrogens is 425 g/mol. The van der Waals surface area contributed by atoms with Crippen molar-refractivity contribution in [1.29, 1.82) is 0 Å². The van der Waals surface area contributed by atoms with Crippen LogP contribution >= 0.6 is 0 Å². The molecule has 0 radical (unpaired) electrons. The predicted octanol–water partition coefficient (Wildman–Crippen LogP) is 3.95.